The average Bonchev–Trinajstić information content (AvgIpc) is 2.94. The maximum atomic E-state index is 13.4. The smallest absolute Gasteiger partial charge is 0.328 e. The van der Waals surface area contributed by atoms with Crippen LogP contribution in [0.4, 0.5) is 10.1 Å². The van der Waals surface area contributed by atoms with Gasteiger partial charge in [0.1, 0.15) is 11.9 Å². The van der Waals surface area contributed by atoms with Crippen LogP contribution in [0, 0.1) is 5.82 Å². The molecule has 1 aromatic heterocycles. The van der Waals surface area contributed by atoms with E-state index in [9.17, 15) is 14.0 Å². The summed E-state index contributed by atoms with van der Waals surface area (Å²) >= 11 is 0. The van der Waals surface area contributed by atoms with Crippen molar-refractivity contribution in [2.24, 2.45) is 14.1 Å². The van der Waals surface area contributed by atoms with E-state index in [1.807, 2.05) is 11.0 Å². The van der Waals surface area contributed by atoms with Gasteiger partial charge in [-0.05, 0) is 35.9 Å². The molecule has 0 spiro atoms. The van der Waals surface area contributed by atoms with Crippen molar-refractivity contribution in [3.05, 3.63) is 64.3 Å². The number of aryl methyl sites for hydroxylation is 2. The van der Waals surface area contributed by atoms with Gasteiger partial charge in [0.15, 0.2) is 0 Å². The highest BCUT2D eigenvalue weighted by atomic mass is 19.1. The standard InChI is InChI=1S/C21H23FN4O3/c1-24-17-8-7-16(13-18(17)25(2)21(24)28)23-20(27)19(26-9-11-29-12-10-26)14-3-5-15(22)6-4-14/h3-8,13,19H,9-12H2,1-2H3,(H,23,27). The lowest BCUT2D eigenvalue weighted by atomic mass is 10.0. The Morgan fingerprint density at radius 1 is 1.03 bits per heavy atom. The molecule has 0 saturated carbocycles. The van der Waals surface area contributed by atoms with Gasteiger partial charge in [-0.2, -0.15) is 0 Å². The molecule has 1 N–H and O–H groups in total. The van der Waals surface area contributed by atoms with Crippen molar-refractivity contribution >= 4 is 22.6 Å². The molecular formula is C21H23FN4O3. The van der Waals surface area contributed by atoms with Gasteiger partial charge in [0.2, 0.25) is 5.91 Å². The van der Waals surface area contributed by atoms with Crippen molar-refractivity contribution in [1.82, 2.24) is 14.0 Å². The van der Waals surface area contributed by atoms with Crippen LogP contribution in [0.3, 0.4) is 0 Å². The Morgan fingerprint density at radius 2 is 1.69 bits per heavy atom. The molecule has 1 atom stereocenters. The number of amides is 1. The molecule has 2 heterocycles. The molecular weight excluding hydrogens is 375 g/mol. The molecule has 3 aromatic rings. The van der Waals surface area contributed by atoms with E-state index in [-0.39, 0.29) is 17.4 Å². The Hall–Kier alpha value is -2.97. The van der Waals surface area contributed by atoms with E-state index in [0.717, 1.165) is 16.6 Å². The van der Waals surface area contributed by atoms with Crippen molar-refractivity contribution in [3.8, 4) is 0 Å². The Kier molecular flexibility index (Phi) is 5.21. The second kappa shape index (κ2) is 7.81. The van der Waals surface area contributed by atoms with Crippen molar-refractivity contribution in [2.75, 3.05) is 31.6 Å². The van der Waals surface area contributed by atoms with Gasteiger partial charge in [0.05, 0.1) is 24.2 Å². The lowest BCUT2D eigenvalue weighted by Crippen LogP contribution is -2.43. The van der Waals surface area contributed by atoms with E-state index in [2.05, 4.69) is 5.32 Å². The third-order valence-corrected chi connectivity index (χ3v) is 5.38. The molecule has 1 unspecified atom stereocenters. The summed E-state index contributed by atoms with van der Waals surface area (Å²) in [4.78, 5) is 27.4. The first kappa shape index (κ1) is 19.4. The summed E-state index contributed by atoms with van der Waals surface area (Å²) in [5, 5.41) is 2.96. The van der Waals surface area contributed by atoms with E-state index < -0.39 is 6.04 Å². The van der Waals surface area contributed by atoms with Gasteiger partial charge in [-0.3, -0.25) is 18.8 Å². The van der Waals surface area contributed by atoms with Crippen LogP contribution in [0.2, 0.25) is 0 Å². The number of ether oxygens (including phenoxy) is 1. The largest absolute Gasteiger partial charge is 0.379 e. The molecule has 1 amide bonds. The van der Waals surface area contributed by atoms with Crippen molar-refractivity contribution in [1.29, 1.82) is 0 Å². The third-order valence-electron chi connectivity index (χ3n) is 5.38. The van der Waals surface area contributed by atoms with E-state index in [1.165, 1.54) is 12.1 Å². The van der Waals surface area contributed by atoms with Gasteiger partial charge in [-0.25, -0.2) is 9.18 Å². The first-order chi connectivity index (χ1) is 14.0. The van der Waals surface area contributed by atoms with E-state index in [1.54, 1.807) is 47.5 Å². The molecule has 29 heavy (non-hydrogen) atoms. The Morgan fingerprint density at radius 3 is 2.38 bits per heavy atom. The Bertz CT molecular complexity index is 1100. The number of benzene rings is 2. The minimum Gasteiger partial charge on any atom is -0.379 e. The van der Waals surface area contributed by atoms with Crippen molar-refractivity contribution in [2.45, 2.75) is 6.04 Å². The zero-order valence-electron chi connectivity index (χ0n) is 16.4. The third kappa shape index (κ3) is 3.68. The van der Waals surface area contributed by atoms with Gasteiger partial charge >= 0.3 is 5.69 Å². The molecule has 1 saturated heterocycles. The number of nitrogens with one attached hydrogen (secondary N) is 1. The van der Waals surface area contributed by atoms with E-state index in [4.69, 9.17) is 4.74 Å². The molecule has 152 valence electrons. The SMILES string of the molecule is Cn1c(=O)n(C)c2cc(NC(=O)C(c3ccc(F)cc3)N3CCOCC3)ccc21. The van der Waals surface area contributed by atoms with E-state index >= 15 is 0 Å². The minimum atomic E-state index is -0.560. The van der Waals surface area contributed by atoms with Crippen LogP contribution in [0.1, 0.15) is 11.6 Å². The van der Waals surface area contributed by atoms with Gasteiger partial charge in [0, 0.05) is 32.9 Å². The number of imidazole rings is 1. The normalized spacial score (nSPS) is 16.1. The number of carbonyl (C=O) groups is 1. The number of anilines is 1. The first-order valence-electron chi connectivity index (χ1n) is 9.49. The maximum Gasteiger partial charge on any atom is 0.328 e. The molecule has 0 radical (unpaired) electrons. The number of halogens is 1. The topological polar surface area (TPSA) is 68.5 Å². The molecule has 1 aliphatic rings. The molecule has 0 bridgehead atoms. The molecule has 0 aliphatic carbocycles. The number of hydrogen-bond donors (Lipinski definition) is 1. The van der Waals surface area contributed by atoms with Gasteiger partial charge in [-0.1, -0.05) is 12.1 Å². The van der Waals surface area contributed by atoms with Crippen molar-refractivity contribution < 1.29 is 13.9 Å². The number of carbonyl (C=O) groups excluding carboxylic acids is 1. The molecule has 1 fully saturated rings. The Labute approximate surface area is 167 Å². The summed E-state index contributed by atoms with van der Waals surface area (Å²) in [6.45, 7) is 2.31. The molecule has 1 aliphatic heterocycles. The molecule has 2 aromatic carbocycles. The first-order valence-corrected chi connectivity index (χ1v) is 9.49. The van der Waals surface area contributed by atoms with Crippen molar-refractivity contribution in [3.63, 3.8) is 0 Å². The minimum absolute atomic E-state index is 0.124. The zero-order chi connectivity index (χ0) is 20.5. The fourth-order valence-electron chi connectivity index (χ4n) is 3.80. The number of morpholine rings is 1. The highest BCUT2D eigenvalue weighted by Gasteiger charge is 2.29. The highest BCUT2D eigenvalue weighted by molar-refractivity contribution is 5.97. The predicted octanol–water partition coefficient (Wildman–Crippen LogP) is 2.03. The van der Waals surface area contributed by atoms with Gasteiger partial charge in [0.25, 0.3) is 0 Å². The Balaban J connectivity index is 1.65. The van der Waals surface area contributed by atoms with Crippen LogP contribution in [0.25, 0.3) is 11.0 Å². The monoisotopic (exact) mass is 398 g/mol. The highest BCUT2D eigenvalue weighted by Crippen LogP contribution is 2.25. The zero-order valence-corrected chi connectivity index (χ0v) is 16.4. The summed E-state index contributed by atoms with van der Waals surface area (Å²) in [5.74, 6) is -0.552. The van der Waals surface area contributed by atoms with Crippen LogP contribution in [0.15, 0.2) is 47.3 Å². The van der Waals surface area contributed by atoms with Crippen LogP contribution < -0.4 is 11.0 Å². The summed E-state index contributed by atoms with van der Waals surface area (Å²) in [7, 11) is 3.41. The number of fused-ring (bicyclic) bond motifs is 1. The number of rotatable bonds is 4. The summed E-state index contributed by atoms with van der Waals surface area (Å²) in [6.07, 6.45) is 0. The fraction of sp³-hybridized carbons (Fsp3) is 0.333. The van der Waals surface area contributed by atoms with Crippen LogP contribution >= 0.6 is 0 Å². The second-order valence-corrected chi connectivity index (χ2v) is 7.20. The average molecular weight is 398 g/mol. The fourth-order valence-corrected chi connectivity index (χ4v) is 3.80. The summed E-state index contributed by atoms with van der Waals surface area (Å²) in [5.41, 5.74) is 2.72. The van der Waals surface area contributed by atoms with Gasteiger partial charge in [-0.15, -0.1) is 0 Å². The van der Waals surface area contributed by atoms with Gasteiger partial charge < -0.3 is 10.1 Å². The van der Waals surface area contributed by atoms with Crippen LogP contribution in [-0.4, -0.2) is 46.2 Å². The number of nitrogens with zero attached hydrogens (tertiary/aromatic N) is 3. The molecule has 4 rings (SSSR count). The van der Waals surface area contributed by atoms with Crippen LogP contribution in [-0.2, 0) is 23.6 Å². The molecule has 7 nitrogen and oxygen atoms in total. The number of aromatic nitrogens is 2. The quantitative estimate of drug-likeness (QED) is 0.730. The second-order valence-electron chi connectivity index (χ2n) is 7.20. The summed E-state index contributed by atoms with van der Waals surface area (Å²) in [6, 6.07) is 10.8. The lowest BCUT2D eigenvalue weighted by molar-refractivity contribution is -0.123. The summed E-state index contributed by atoms with van der Waals surface area (Å²) < 4.78 is 21.9. The lowest BCUT2D eigenvalue weighted by Gasteiger charge is -2.33. The maximum absolute atomic E-state index is 13.4. The number of hydrogen-bond acceptors (Lipinski definition) is 4. The predicted molar refractivity (Wildman–Crippen MR) is 108 cm³/mol. The van der Waals surface area contributed by atoms with Crippen LogP contribution in [0.5, 0.6) is 0 Å². The molecule has 8 heteroatoms. The van der Waals surface area contributed by atoms with E-state index in [0.29, 0.717) is 32.0 Å².